The third kappa shape index (κ3) is 4.54. The van der Waals surface area contributed by atoms with Gasteiger partial charge in [0.1, 0.15) is 0 Å². The van der Waals surface area contributed by atoms with E-state index in [1.54, 1.807) is 18.2 Å². The number of primary amides is 1. The highest BCUT2D eigenvalue weighted by Gasteiger charge is 2.23. The fourth-order valence-electron chi connectivity index (χ4n) is 1.56. The van der Waals surface area contributed by atoms with Crippen molar-refractivity contribution in [1.29, 1.82) is 0 Å². The molecule has 0 unspecified atom stereocenters. The topological polar surface area (TPSA) is 114 Å². The van der Waals surface area contributed by atoms with Gasteiger partial charge in [-0.3, -0.25) is 4.79 Å². The minimum Gasteiger partial charge on any atom is -0.366 e. The SMILES string of the molecule is CS(=O)(=O)N=C(Nc1cccc(C(N)=O)c1)NC1CC1. The second-order valence-corrected chi connectivity index (χ2v) is 6.31. The number of nitrogens with two attached hydrogens (primary N) is 1. The van der Waals surface area contributed by atoms with Gasteiger partial charge >= 0.3 is 0 Å². The van der Waals surface area contributed by atoms with Crippen LogP contribution in [0.25, 0.3) is 0 Å². The summed E-state index contributed by atoms with van der Waals surface area (Å²) in [5.74, 6) is -0.401. The lowest BCUT2D eigenvalue weighted by Gasteiger charge is -2.11. The Balaban J connectivity index is 2.20. The van der Waals surface area contributed by atoms with Crippen LogP contribution in [0, 0.1) is 0 Å². The molecule has 1 amide bonds. The van der Waals surface area contributed by atoms with Crippen molar-refractivity contribution in [2.45, 2.75) is 18.9 Å². The Morgan fingerprint density at radius 2 is 2.10 bits per heavy atom. The Hall–Kier alpha value is -2.09. The summed E-state index contributed by atoms with van der Waals surface area (Å²) in [5, 5.41) is 5.84. The van der Waals surface area contributed by atoms with Crippen molar-refractivity contribution < 1.29 is 13.2 Å². The molecule has 20 heavy (non-hydrogen) atoms. The first-order chi connectivity index (χ1) is 9.33. The summed E-state index contributed by atoms with van der Waals surface area (Å²) in [6.07, 6.45) is 2.97. The van der Waals surface area contributed by atoms with E-state index in [0.717, 1.165) is 19.1 Å². The normalized spacial score (nSPS) is 15.8. The zero-order valence-electron chi connectivity index (χ0n) is 11.0. The Morgan fingerprint density at radius 1 is 1.40 bits per heavy atom. The number of sulfonamides is 1. The summed E-state index contributed by atoms with van der Waals surface area (Å²) >= 11 is 0. The molecule has 1 aromatic rings. The minimum absolute atomic E-state index is 0.150. The van der Waals surface area contributed by atoms with E-state index in [1.165, 1.54) is 6.07 Å². The molecule has 1 aromatic carbocycles. The van der Waals surface area contributed by atoms with Gasteiger partial charge in [-0.05, 0) is 31.0 Å². The third-order valence-electron chi connectivity index (χ3n) is 2.59. The number of nitrogens with one attached hydrogen (secondary N) is 2. The van der Waals surface area contributed by atoms with Gasteiger partial charge < -0.3 is 16.4 Å². The molecule has 1 saturated carbocycles. The van der Waals surface area contributed by atoms with Crippen molar-refractivity contribution in [3.8, 4) is 0 Å². The van der Waals surface area contributed by atoms with Gasteiger partial charge in [0.05, 0.1) is 6.26 Å². The second-order valence-electron chi connectivity index (χ2n) is 4.66. The van der Waals surface area contributed by atoms with Crippen molar-refractivity contribution in [1.82, 2.24) is 5.32 Å². The summed E-state index contributed by atoms with van der Waals surface area (Å²) in [7, 11) is -3.52. The smallest absolute Gasteiger partial charge is 0.253 e. The summed E-state index contributed by atoms with van der Waals surface area (Å²) in [6.45, 7) is 0. The van der Waals surface area contributed by atoms with Crippen LogP contribution >= 0.6 is 0 Å². The Morgan fingerprint density at radius 3 is 2.65 bits per heavy atom. The molecule has 1 fully saturated rings. The third-order valence-corrected chi connectivity index (χ3v) is 3.10. The number of nitrogens with zero attached hydrogens (tertiary/aromatic N) is 1. The molecule has 1 aliphatic carbocycles. The number of guanidine groups is 1. The number of carbonyl (C=O) groups is 1. The maximum Gasteiger partial charge on any atom is 0.253 e. The van der Waals surface area contributed by atoms with Crippen molar-refractivity contribution in [2.75, 3.05) is 11.6 Å². The molecule has 108 valence electrons. The molecule has 0 saturated heterocycles. The average Bonchev–Trinajstić information content (AvgIpc) is 3.11. The number of carbonyl (C=O) groups excluding carboxylic acids is 1. The van der Waals surface area contributed by atoms with Gasteiger partial charge in [-0.2, -0.15) is 0 Å². The van der Waals surface area contributed by atoms with E-state index in [0.29, 0.717) is 11.3 Å². The molecular formula is C12H16N4O3S. The lowest BCUT2D eigenvalue weighted by atomic mass is 10.2. The summed E-state index contributed by atoms with van der Waals surface area (Å²) in [6, 6.07) is 6.70. The molecule has 2 rings (SSSR count). The van der Waals surface area contributed by atoms with Crippen LogP contribution in [0.4, 0.5) is 5.69 Å². The number of rotatable bonds is 4. The van der Waals surface area contributed by atoms with Crippen LogP contribution in [0.15, 0.2) is 28.7 Å². The largest absolute Gasteiger partial charge is 0.366 e. The van der Waals surface area contributed by atoms with Crippen molar-refractivity contribution in [2.24, 2.45) is 10.1 Å². The predicted molar refractivity (Wildman–Crippen MR) is 77.0 cm³/mol. The van der Waals surface area contributed by atoms with Crippen molar-refractivity contribution >= 4 is 27.6 Å². The van der Waals surface area contributed by atoms with Crippen LogP contribution in [-0.4, -0.2) is 32.6 Å². The lowest BCUT2D eigenvalue weighted by Crippen LogP contribution is -2.33. The maximum absolute atomic E-state index is 11.3. The van der Waals surface area contributed by atoms with E-state index >= 15 is 0 Å². The van der Waals surface area contributed by atoms with Gasteiger partial charge in [0.2, 0.25) is 11.9 Å². The van der Waals surface area contributed by atoms with E-state index in [4.69, 9.17) is 5.73 Å². The monoisotopic (exact) mass is 296 g/mol. The summed E-state index contributed by atoms with van der Waals surface area (Å²) in [4.78, 5) is 11.1. The quantitative estimate of drug-likeness (QED) is 0.545. The number of amides is 1. The van der Waals surface area contributed by atoms with Crippen LogP contribution in [-0.2, 0) is 10.0 Å². The molecule has 0 atom stereocenters. The Bertz CT molecular complexity index is 650. The Labute approximate surface area is 117 Å². The molecule has 8 heteroatoms. The molecule has 1 aliphatic rings. The van der Waals surface area contributed by atoms with Gasteiger partial charge in [0, 0.05) is 17.3 Å². The van der Waals surface area contributed by atoms with Gasteiger partial charge in [0.25, 0.3) is 10.0 Å². The van der Waals surface area contributed by atoms with Crippen LogP contribution in [0.5, 0.6) is 0 Å². The fourth-order valence-corrected chi connectivity index (χ4v) is 1.99. The van der Waals surface area contributed by atoms with Crippen LogP contribution in [0.1, 0.15) is 23.2 Å². The van der Waals surface area contributed by atoms with Crippen LogP contribution < -0.4 is 16.4 Å². The maximum atomic E-state index is 11.3. The first-order valence-corrected chi connectivity index (χ1v) is 7.92. The molecule has 0 bridgehead atoms. The highest BCUT2D eigenvalue weighted by Crippen LogP contribution is 2.19. The number of hydrogen-bond acceptors (Lipinski definition) is 3. The highest BCUT2D eigenvalue weighted by molar-refractivity contribution is 7.89. The molecule has 0 spiro atoms. The number of anilines is 1. The first-order valence-electron chi connectivity index (χ1n) is 6.07. The lowest BCUT2D eigenvalue weighted by molar-refractivity contribution is 0.100. The first kappa shape index (κ1) is 14.3. The standard InChI is InChI=1S/C12H16N4O3S/c1-20(18,19)16-12(14-9-5-6-9)15-10-4-2-3-8(7-10)11(13)17/h2-4,7,9H,5-6H2,1H3,(H2,13,17)(H2,14,15,16). The fraction of sp³-hybridized carbons (Fsp3) is 0.333. The van der Waals surface area contributed by atoms with Gasteiger partial charge in [-0.15, -0.1) is 4.40 Å². The van der Waals surface area contributed by atoms with Gasteiger partial charge in [-0.25, -0.2) is 8.42 Å². The van der Waals surface area contributed by atoms with E-state index in [-0.39, 0.29) is 12.0 Å². The van der Waals surface area contributed by atoms with E-state index in [9.17, 15) is 13.2 Å². The number of hydrogen-bond donors (Lipinski definition) is 3. The van der Waals surface area contributed by atoms with E-state index in [1.807, 2.05) is 0 Å². The van der Waals surface area contributed by atoms with E-state index in [2.05, 4.69) is 15.0 Å². The molecule has 0 aliphatic heterocycles. The number of benzene rings is 1. The molecule has 0 heterocycles. The zero-order valence-corrected chi connectivity index (χ0v) is 11.8. The highest BCUT2D eigenvalue weighted by atomic mass is 32.2. The summed E-state index contributed by atoms with van der Waals surface area (Å²) in [5.41, 5.74) is 6.07. The molecule has 0 radical (unpaired) electrons. The zero-order chi connectivity index (χ0) is 14.8. The van der Waals surface area contributed by atoms with Crippen LogP contribution in [0.2, 0.25) is 0 Å². The minimum atomic E-state index is -3.52. The predicted octanol–water partition coefficient (Wildman–Crippen LogP) is 0.265. The molecule has 4 N–H and O–H groups in total. The average molecular weight is 296 g/mol. The van der Waals surface area contributed by atoms with Crippen molar-refractivity contribution in [3.05, 3.63) is 29.8 Å². The molecule has 7 nitrogen and oxygen atoms in total. The van der Waals surface area contributed by atoms with Crippen LogP contribution in [0.3, 0.4) is 0 Å². The molecule has 0 aromatic heterocycles. The summed E-state index contributed by atoms with van der Waals surface area (Å²) < 4.78 is 26.1. The molecular weight excluding hydrogens is 280 g/mol. The van der Waals surface area contributed by atoms with Crippen molar-refractivity contribution in [3.63, 3.8) is 0 Å². The van der Waals surface area contributed by atoms with E-state index < -0.39 is 15.9 Å². The van der Waals surface area contributed by atoms with Gasteiger partial charge in [-0.1, -0.05) is 6.07 Å². The Kier molecular flexibility index (Phi) is 3.93. The van der Waals surface area contributed by atoms with Gasteiger partial charge in [0.15, 0.2) is 0 Å². The second kappa shape index (κ2) is 5.49.